The van der Waals surface area contributed by atoms with Gasteiger partial charge in [-0.1, -0.05) is 24.3 Å². The molecule has 6 nitrogen and oxygen atoms in total. The Hall–Kier alpha value is -4.06. The highest BCUT2D eigenvalue weighted by molar-refractivity contribution is 5.99. The maximum absolute atomic E-state index is 12.6. The molecule has 1 heterocycles. The first-order chi connectivity index (χ1) is 16.4. The summed E-state index contributed by atoms with van der Waals surface area (Å²) in [5.41, 5.74) is 6.88. The Balaban J connectivity index is 1.54. The van der Waals surface area contributed by atoms with Crippen molar-refractivity contribution in [3.8, 4) is 22.4 Å². The third kappa shape index (κ3) is 4.15. The number of carbonyl (C=O) groups is 2. The molecule has 1 aliphatic carbocycles. The summed E-state index contributed by atoms with van der Waals surface area (Å²) in [6.45, 7) is 3.99. The van der Waals surface area contributed by atoms with Crippen LogP contribution in [0.4, 0.5) is 0 Å². The minimum atomic E-state index is -0.369. The summed E-state index contributed by atoms with van der Waals surface area (Å²) in [6.07, 6.45) is 3.87. The molecule has 0 saturated heterocycles. The Kier molecular flexibility index (Phi) is 5.57. The smallest absolute Gasteiger partial charge is 0.337 e. The predicted octanol–water partition coefficient (Wildman–Crippen LogP) is 5.26. The minimum absolute atomic E-state index is 0.0245. The van der Waals surface area contributed by atoms with Crippen molar-refractivity contribution < 1.29 is 14.3 Å². The molecule has 4 aromatic rings. The van der Waals surface area contributed by atoms with E-state index in [-0.39, 0.29) is 11.9 Å². The molecule has 3 aromatic carbocycles. The lowest BCUT2D eigenvalue weighted by Gasteiger charge is -2.12. The fourth-order valence-corrected chi connectivity index (χ4v) is 4.20. The van der Waals surface area contributed by atoms with Gasteiger partial charge in [-0.05, 0) is 79.3 Å². The van der Waals surface area contributed by atoms with E-state index in [1.807, 2.05) is 44.2 Å². The first-order valence-electron chi connectivity index (χ1n) is 11.3. The second kappa shape index (κ2) is 8.71. The van der Waals surface area contributed by atoms with Crippen molar-refractivity contribution in [1.29, 1.82) is 0 Å². The van der Waals surface area contributed by atoms with Crippen LogP contribution in [0.1, 0.15) is 44.7 Å². The second-order valence-electron chi connectivity index (χ2n) is 8.79. The molecule has 0 bridgehead atoms. The number of ether oxygens (including phenoxy) is 1. The van der Waals surface area contributed by atoms with Crippen molar-refractivity contribution in [2.75, 3.05) is 7.11 Å². The molecule has 1 amide bonds. The van der Waals surface area contributed by atoms with Gasteiger partial charge in [-0.25, -0.2) is 4.79 Å². The summed E-state index contributed by atoms with van der Waals surface area (Å²) in [6, 6.07) is 17.7. The van der Waals surface area contributed by atoms with Crippen LogP contribution in [0.15, 0.2) is 60.8 Å². The molecule has 34 heavy (non-hydrogen) atoms. The fourth-order valence-electron chi connectivity index (χ4n) is 4.20. The van der Waals surface area contributed by atoms with E-state index >= 15 is 0 Å². The van der Waals surface area contributed by atoms with Gasteiger partial charge in [0, 0.05) is 27.9 Å². The standard InChI is InChI=1S/C28H25N3O3/c1-16-4-5-19(27(32)30-22-8-9-22)14-25(16)18-6-11-24-21(13-18)15-29-31-26(24)23-10-7-20(12-17(23)2)28(33)34-3/h4-7,10-15,22H,8-9H2,1-3H3,(H,30,32). The summed E-state index contributed by atoms with van der Waals surface area (Å²) in [4.78, 5) is 24.4. The number of methoxy groups -OCH3 is 1. The van der Waals surface area contributed by atoms with Gasteiger partial charge in [0.15, 0.2) is 0 Å². The number of aromatic nitrogens is 2. The normalized spacial score (nSPS) is 13.0. The Morgan fingerprint density at radius 1 is 0.912 bits per heavy atom. The Morgan fingerprint density at radius 3 is 2.44 bits per heavy atom. The third-order valence-electron chi connectivity index (χ3n) is 6.29. The van der Waals surface area contributed by atoms with E-state index in [1.165, 1.54) is 7.11 Å². The van der Waals surface area contributed by atoms with Gasteiger partial charge in [0.05, 0.1) is 18.9 Å². The van der Waals surface area contributed by atoms with Crippen molar-refractivity contribution in [1.82, 2.24) is 15.5 Å². The van der Waals surface area contributed by atoms with Crippen LogP contribution in [0, 0.1) is 13.8 Å². The zero-order valence-electron chi connectivity index (χ0n) is 19.4. The SMILES string of the molecule is COC(=O)c1ccc(-c2nncc3cc(-c4cc(C(=O)NC5CC5)ccc4C)ccc23)c(C)c1. The molecule has 1 N–H and O–H groups in total. The van der Waals surface area contributed by atoms with Crippen LogP contribution in [-0.2, 0) is 4.74 Å². The second-order valence-corrected chi connectivity index (χ2v) is 8.79. The zero-order valence-corrected chi connectivity index (χ0v) is 19.4. The molecule has 0 spiro atoms. The number of nitrogens with zero attached hydrogens (tertiary/aromatic N) is 2. The maximum Gasteiger partial charge on any atom is 0.337 e. The predicted molar refractivity (Wildman–Crippen MR) is 132 cm³/mol. The van der Waals surface area contributed by atoms with Crippen LogP contribution in [0.3, 0.4) is 0 Å². The molecule has 170 valence electrons. The lowest BCUT2D eigenvalue weighted by molar-refractivity contribution is 0.0600. The van der Waals surface area contributed by atoms with E-state index in [9.17, 15) is 9.59 Å². The van der Waals surface area contributed by atoms with Crippen LogP contribution in [0.25, 0.3) is 33.2 Å². The maximum atomic E-state index is 12.6. The highest BCUT2D eigenvalue weighted by Gasteiger charge is 2.24. The first kappa shape index (κ1) is 21.8. The van der Waals surface area contributed by atoms with E-state index in [4.69, 9.17) is 4.74 Å². The van der Waals surface area contributed by atoms with Crippen LogP contribution in [0.2, 0.25) is 0 Å². The number of benzene rings is 3. The fraction of sp³-hybridized carbons (Fsp3) is 0.214. The summed E-state index contributed by atoms with van der Waals surface area (Å²) < 4.78 is 4.82. The summed E-state index contributed by atoms with van der Waals surface area (Å²) in [7, 11) is 1.37. The van der Waals surface area contributed by atoms with E-state index in [0.29, 0.717) is 17.2 Å². The van der Waals surface area contributed by atoms with Gasteiger partial charge in [0.2, 0.25) is 0 Å². The third-order valence-corrected chi connectivity index (χ3v) is 6.29. The Morgan fingerprint density at radius 2 is 1.71 bits per heavy atom. The monoisotopic (exact) mass is 451 g/mol. The van der Waals surface area contributed by atoms with Gasteiger partial charge >= 0.3 is 5.97 Å². The van der Waals surface area contributed by atoms with Crippen molar-refractivity contribution in [3.05, 3.63) is 83.0 Å². The average Bonchev–Trinajstić information content (AvgIpc) is 3.67. The molecule has 1 fully saturated rings. The average molecular weight is 452 g/mol. The van der Waals surface area contributed by atoms with Crippen LogP contribution in [0.5, 0.6) is 0 Å². The number of hydrogen-bond acceptors (Lipinski definition) is 5. The van der Waals surface area contributed by atoms with E-state index in [1.54, 1.807) is 18.3 Å². The topological polar surface area (TPSA) is 81.2 Å². The molecule has 0 unspecified atom stereocenters. The molecule has 1 aromatic heterocycles. The number of esters is 1. The van der Waals surface area contributed by atoms with Gasteiger partial charge in [-0.2, -0.15) is 5.10 Å². The van der Waals surface area contributed by atoms with Gasteiger partial charge in [-0.3, -0.25) is 4.79 Å². The molecule has 0 aliphatic heterocycles. The highest BCUT2D eigenvalue weighted by Crippen LogP contribution is 2.33. The van der Waals surface area contributed by atoms with Gasteiger partial charge in [-0.15, -0.1) is 5.10 Å². The zero-order chi connectivity index (χ0) is 23.8. The number of nitrogens with one attached hydrogen (secondary N) is 1. The molecule has 0 atom stereocenters. The summed E-state index contributed by atoms with van der Waals surface area (Å²) >= 11 is 0. The van der Waals surface area contributed by atoms with Crippen molar-refractivity contribution in [2.24, 2.45) is 0 Å². The molecule has 1 saturated carbocycles. The summed E-state index contributed by atoms with van der Waals surface area (Å²) in [5.74, 6) is -0.393. The molecule has 0 radical (unpaired) electrons. The number of rotatable bonds is 5. The largest absolute Gasteiger partial charge is 0.465 e. The van der Waals surface area contributed by atoms with E-state index < -0.39 is 0 Å². The summed E-state index contributed by atoms with van der Waals surface area (Å²) in [5, 5.41) is 13.6. The quantitative estimate of drug-likeness (QED) is 0.419. The lowest BCUT2D eigenvalue weighted by atomic mass is 9.94. The molecule has 5 rings (SSSR count). The van der Waals surface area contributed by atoms with E-state index in [0.717, 1.165) is 57.1 Å². The molecule has 6 heteroatoms. The van der Waals surface area contributed by atoms with Crippen molar-refractivity contribution in [2.45, 2.75) is 32.7 Å². The van der Waals surface area contributed by atoms with Gasteiger partial charge in [0.1, 0.15) is 5.69 Å². The number of aryl methyl sites for hydroxylation is 2. The first-order valence-corrected chi connectivity index (χ1v) is 11.3. The van der Waals surface area contributed by atoms with Crippen LogP contribution in [-0.4, -0.2) is 35.2 Å². The number of carbonyl (C=O) groups excluding carboxylic acids is 2. The number of hydrogen-bond donors (Lipinski definition) is 1. The molecular weight excluding hydrogens is 426 g/mol. The highest BCUT2D eigenvalue weighted by atomic mass is 16.5. The van der Waals surface area contributed by atoms with Crippen LogP contribution < -0.4 is 5.32 Å². The van der Waals surface area contributed by atoms with Crippen LogP contribution >= 0.6 is 0 Å². The lowest BCUT2D eigenvalue weighted by Crippen LogP contribution is -2.25. The molecular formula is C28H25N3O3. The van der Waals surface area contributed by atoms with Gasteiger partial charge < -0.3 is 10.1 Å². The van der Waals surface area contributed by atoms with Crippen molar-refractivity contribution >= 4 is 22.6 Å². The Labute approximate surface area is 198 Å². The Bertz CT molecular complexity index is 1440. The van der Waals surface area contributed by atoms with E-state index in [2.05, 4.69) is 27.6 Å². The molecule has 1 aliphatic rings. The van der Waals surface area contributed by atoms with Crippen molar-refractivity contribution in [3.63, 3.8) is 0 Å². The number of amides is 1. The number of fused-ring (bicyclic) bond motifs is 1. The minimum Gasteiger partial charge on any atom is -0.465 e. The van der Waals surface area contributed by atoms with Gasteiger partial charge in [0.25, 0.3) is 5.91 Å².